The summed E-state index contributed by atoms with van der Waals surface area (Å²) in [6.45, 7) is 3.65. The number of carbonyl (C=O) groups excluding carboxylic acids is 2. The Bertz CT molecular complexity index is 762. The van der Waals surface area contributed by atoms with E-state index in [1.165, 1.54) is 12.0 Å². The number of carbonyl (C=O) groups is 2. The average Bonchev–Trinajstić information content (AvgIpc) is 2.68. The molecule has 0 atom stereocenters. The van der Waals surface area contributed by atoms with Crippen molar-refractivity contribution in [2.45, 2.75) is 39.0 Å². The Hall–Kier alpha value is -2.62. The van der Waals surface area contributed by atoms with E-state index in [0.717, 1.165) is 31.5 Å². The van der Waals surface area contributed by atoms with Crippen LogP contribution in [0.5, 0.6) is 0 Å². The van der Waals surface area contributed by atoms with Crippen LogP contribution in [-0.2, 0) is 11.2 Å². The van der Waals surface area contributed by atoms with Gasteiger partial charge in [-0.3, -0.25) is 9.59 Å². The molecule has 1 saturated heterocycles. The largest absolute Gasteiger partial charge is 0.339 e. The quantitative estimate of drug-likeness (QED) is 0.879. The van der Waals surface area contributed by atoms with Crippen LogP contribution in [-0.4, -0.2) is 29.8 Å². The standard InChI is InChI=1S/C22H26N2O2/c1-17-9-11-18(12-10-17)13-14-21(25)23-20-8-4-3-7-19(20)22(26)24-15-5-2-6-16-24/h3-4,7-12H,2,5-6,13-16H2,1H3,(H,23,25). The van der Waals surface area contributed by atoms with Crippen LogP contribution >= 0.6 is 0 Å². The maximum absolute atomic E-state index is 12.8. The smallest absolute Gasteiger partial charge is 0.255 e. The summed E-state index contributed by atoms with van der Waals surface area (Å²) in [5.41, 5.74) is 3.54. The summed E-state index contributed by atoms with van der Waals surface area (Å²) < 4.78 is 0. The summed E-state index contributed by atoms with van der Waals surface area (Å²) in [6.07, 6.45) is 4.37. The second-order valence-corrected chi connectivity index (χ2v) is 6.93. The fraction of sp³-hybridized carbons (Fsp3) is 0.364. The molecule has 1 N–H and O–H groups in total. The Labute approximate surface area is 155 Å². The maximum Gasteiger partial charge on any atom is 0.255 e. The normalized spacial score (nSPS) is 14.1. The first-order valence-electron chi connectivity index (χ1n) is 9.37. The number of aryl methyl sites for hydroxylation is 2. The van der Waals surface area contributed by atoms with Crippen LogP contribution in [0.3, 0.4) is 0 Å². The summed E-state index contributed by atoms with van der Waals surface area (Å²) in [4.78, 5) is 27.0. The van der Waals surface area contributed by atoms with Gasteiger partial charge in [-0.15, -0.1) is 0 Å². The van der Waals surface area contributed by atoms with Crippen LogP contribution in [0.1, 0.15) is 47.2 Å². The van der Waals surface area contributed by atoms with Gasteiger partial charge in [-0.2, -0.15) is 0 Å². The van der Waals surface area contributed by atoms with Gasteiger partial charge in [0.25, 0.3) is 5.91 Å². The Balaban J connectivity index is 1.62. The predicted molar refractivity (Wildman–Crippen MR) is 104 cm³/mol. The van der Waals surface area contributed by atoms with E-state index >= 15 is 0 Å². The van der Waals surface area contributed by atoms with E-state index in [1.54, 1.807) is 12.1 Å². The molecule has 1 aliphatic heterocycles. The molecule has 0 radical (unpaired) electrons. The lowest BCUT2D eigenvalue weighted by molar-refractivity contribution is -0.116. The van der Waals surface area contributed by atoms with Crippen LogP contribution in [0, 0.1) is 6.92 Å². The molecule has 26 heavy (non-hydrogen) atoms. The van der Waals surface area contributed by atoms with Crippen molar-refractivity contribution in [3.8, 4) is 0 Å². The summed E-state index contributed by atoms with van der Waals surface area (Å²) in [5.74, 6) is -0.0522. The Morgan fingerprint density at radius 3 is 2.38 bits per heavy atom. The SMILES string of the molecule is Cc1ccc(CCC(=O)Nc2ccccc2C(=O)N2CCCCC2)cc1. The summed E-state index contributed by atoms with van der Waals surface area (Å²) in [7, 11) is 0. The number of para-hydroxylation sites is 1. The van der Waals surface area contributed by atoms with Gasteiger partial charge in [-0.1, -0.05) is 42.0 Å². The third-order valence-electron chi connectivity index (χ3n) is 4.84. The van der Waals surface area contributed by atoms with Crippen molar-refractivity contribution < 1.29 is 9.59 Å². The zero-order valence-corrected chi connectivity index (χ0v) is 15.3. The molecule has 0 aromatic heterocycles. The highest BCUT2D eigenvalue weighted by Crippen LogP contribution is 2.20. The number of hydrogen-bond acceptors (Lipinski definition) is 2. The van der Waals surface area contributed by atoms with Gasteiger partial charge in [-0.25, -0.2) is 0 Å². The monoisotopic (exact) mass is 350 g/mol. The highest BCUT2D eigenvalue weighted by atomic mass is 16.2. The zero-order chi connectivity index (χ0) is 18.4. The molecule has 1 heterocycles. The lowest BCUT2D eigenvalue weighted by atomic mass is 10.1. The van der Waals surface area contributed by atoms with Crippen LogP contribution in [0.4, 0.5) is 5.69 Å². The van der Waals surface area contributed by atoms with Crippen molar-refractivity contribution in [2.75, 3.05) is 18.4 Å². The molecule has 0 unspecified atom stereocenters. The van der Waals surface area contributed by atoms with Crippen LogP contribution < -0.4 is 5.32 Å². The molecule has 2 amide bonds. The van der Waals surface area contributed by atoms with Crippen molar-refractivity contribution in [1.29, 1.82) is 0 Å². The first-order chi connectivity index (χ1) is 12.6. The van der Waals surface area contributed by atoms with E-state index in [4.69, 9.17) is 0 Å². The van der Waals surface area contributed by atoms with Crippen molar-refractivity contribution in [3.05, 3.63) is 65.2 Å². The molecular formula is C22H26N2O2. The summed E-state index contributed by atoms with van der Waals surface area (Å²) in [6, 6.07) is 15.5. The minimum Gasteiger partial charge on any atom is -0.339 e. The van der Waals surface area contributed by atoms with E-state index < -0.39 is 0 Å². The molecule has 0 aliphatic carbocycles. The van der Waals surface area contributed by atoms with E-state index in [0.29, 0.717) is 24.1 Å². The molecule has 2 aromatic rings. The first-order valence-corrected chi connectivity index (χ1v) is 9.37. The summed E-state index contributed by atoms with van der Waals surface area (Å²) in [5, 5.41) is 2.93. The third kappa shape index (κ3) is 4.72. The molecule has 4 heteroatoms. The molecular weight excluding hydrogens is 324 g/mol. The van der Waals surface area contributed by atoms with Gasteiger partial charge in [0.15, 0.2) is 0 Å². The second kappa shape index (κ2) is 8.65. The van der Waals surface area contributed by atoms with Gasteiger partial charge in [0.05, 0.1) is 11.3 Å². The number of benzene rings is 2. The topological polar surface area (TPSA) is 49.4 Å². The van der Waals surface area contributed by atoms with Crippen molar-refractivity contribution in [2.24, 2.45) is 0 Å². The molecule has 3 rings (SSSR count). The van der Waals surface area contributed by atoms with Crippen LogP contribution in [0.2, 0.25) is 0 Å². The predicted octanol–water partition coefficient (Wildman–Crippen LogP) is 4.19. The average molecular weight is 350 g/mol. The number of nitrogens with zero attached hydrogens (tertiary/aromatic N) is 1. The molecule has 1 aliphatic rings. The lowest BCUT2D eigenvalue weighted by Gasteiger charge is -2.27. The fourth-order valence-electron chi connectivity index (χ4n) is 3.27. The number of likely N-dealkylation sites (tertiary alicyclic amines) is 1. The van der Waals surface area contributed by atoms with Crippen molar-refractivity contribution >= 4 is 17.5 Å². The Kier molecular flexibility index (Phi) is 6.05. The van der Waals surface area contributed by atoms with E-state index in [1.807, 2.05) is 24.0 Å². The van der Waals surface area contributed by atoms with Gasteiger partial charge in [0, 0.05) is 19.5 Å². The van der Waals surface area contributed by atoms with Gasteiger partial charge in [-0.05, 0) is 50.3 Å². The molecule has 0 spiro atoms. The number of anilines is 1. The van der Waals surface area contributed by atoms with E-state index in [2.05, 4.69) is 29.6 Å². The van der Waals surface area contributed by atoms with Gasteiger partial charge >= 0.3 is 0 Å². The second-order valence-electron chi connectivity index (χ2n) is 6.93. The van der Waals surface area contributed by atoms with E-state index in [9.17, 15) is 9.59 Å². The minimum absolute atomic E-state index is 0.0131. The molecule has 1 fully saturated rings. The van der Waals surface area contributed by atoms with E-state index in [-0.39, 0.29) is 11.8 Å². The number of amides is 2. The Morgan fingerprint density at radius 2 is 1.65 bits per heavy atom. The minimum atomic E-state index is -0.0653. The number of hydrogen-bond donors (Lipinski definition) is 1. The van der Waals surface area contributed by atoms with Crippen molar-refractivity contribution in [3.63, 3.8) is 0 Å². The maximum atomic E-state index is 12.8. The van der Waals surface area contributed by atoms with Crippen molar-refractivity contribution in [1.82, 2.24) is 4.90 Å². The van der Waals surface area contributed by atoms with Gasteiger partial charge in [0.1, 0.15) is 0 Å². The third-order valence-corrected chi connectivity index (χ3v) is 4.84. The molecule has 0 saturated carbocycles. The molecule has 136 valence electrons. The lowest BCUT2D eigenvalue weighted by Crippen LogP contribution is -2.36. The van der Waals surface area contributed by atoms with Crippen LogP contribution in [0.15, 0.2) is 48.5 Å². The van der Waals surface area contributed by atoms with Gasteiger partial charge < -0.3 is 10.2 Å². The van der Waals surface area contributed by atoms with Crippen LogP contribution in [0.25, 0.3) is 0 Å². The summed E-state index contributed by atoms with van der Waals surface area (Å²) >= 11 is 0. The van der Waals surface area contributed by atoms with Gasteiger partial charge in [0.2, 0.25) is 5.91 Å². The number of nitrogens with one attached hydrogen (secondary N) is 1. The fourth-order valence-corrected chi connectivity index (χ4v) is 3.27. The Morgan fingerprint density at radius 1 is 0.962 bits per heavy atom. The zero-order valence-electron chi connectivity index (χ0n) is 15.3. The molecule has 0 bridgehead atoms. The first kappa shape index (κ1) is 18.2. The highest BCUT2D eigenvalue weighted by Gasteiger charge is 2.21. The highest BCUT2D eigenvalue weighted by molar-refractivity contribution is 6.03. The molecule has 4 nitrogen and oxygen atoms in total. The number of piperidine rings is 1. The molecule has 2 aromatic carbocycles. The number of rotatable bonds is 5.